The highest BCUT2D eigenvalue weighted by atomic mass is 32.2. The lowest BCUT2D eigenvalue weighted by Crippen LogP contribution is -2.39. The molecular formula is C16H30N2OS. The van der Waals surface area contributed by atoms with Gasteiger partial charge in [0.05, 0.1) is 0 Å². The second kappa shape index (κ2) is 8.93. The average molecular weight is 298 g/mol. The Balaban J connectivity index is 1.48. The highest BCUT2D eigenvalue weighted by molar-refractivity contribution is 7.98. The third-order valence-corrected chi connectivity index (χ3v) is 5.34. The van der Waals surface area contributed by atoms with E-state index in [1.807, 2.05) is 11.8 Å². The molecule has 0 aromatic heterocycles. The second-order valence-electron chi connectivity index (χ2n) is 6.44. The van der Waals surface area contributed by atoms with Gasteiger partial charge in [-0.15, -0.1) is 0 Å². The first-order valence-electron chi connectivity index (χ1n) is 8.29. The summed E-state index contributed by atoms with van der Waals surface area (Å²) in [5.74, 6) is 2.17. The highest BCUT2D eigenvalue weighted by Crippen LogP contribution is 2.32. The first kappa shape index (κ1) is 16.2. The summed E-state index contributed by atoms with van der Waals surface area (Å²) in [4.78, 5) is 11.9. The Hall–Kier alpha value is -0.220. The van der Waals surface area contributed by atoms with Crippen molar-refractivity contribution < 1.29 is 4.79 Å². The number of carbonyl (C=O) groups excluding carboxylic acids is 1. The molecule has 20 heavy (non-hydrogen) atoms. The maximum Gasteiger partial charge on any atom is 0.220 e. The number of hydrogen-bond donors (Lipinski definition) is 2. The summed E-state index contributed by atoms with van der Waals surface area (Å²) in [6.45, 7) is 0.871. The van der Waals surface area contributed by atoms with Crippen molar-refractivity contribution in [2.75, 3.05) is 18.6 Å². The van der Waals surface area contributed by atoms with Crippen molar-refractivity contribution in [2.24, 2.45) is 5.92 Å². The van der Waals surface area contributed by atoms with E-state index in [-0.39, 0.29) is 5.91 Å². The Morgan fingerprint density at radius 1 is 1.15 bits per heavy atom. The topological polar surface area (TPSA) is 41.1 Å². The molecule has 0 saturated carbocycles. The van der Waals surface area contributed by atoms with Gasteiger partial charge in [0.2, 0.25) is 5.91 Å². The summed E-state index contributed by atoms with van der Waals surface area (Å²) < 4.78 is 0. The van der Waals surface area contributed by atoms with Crippen molar-refractivity contribution in [3.05, 3.63) is 0 Å². The lowest BCUT2D eigenvalue weighted by Gasteiger charge is -2.28. The third kappa shape index (κ3) is 5.65. The van der Waals surface area contributed by atoms with Crippen molar-refractivity contribution in [3.8, 4) is 0 Å². The van der Waals surface area contributed by atoms with Crippen LogP contribution in [0.3, 0.4) is 0 Å². The van der Waals surface area contributed by atoms with Crippen molar-refractivity contribution >= 4 is 17.7 Å². The standard InChI is InChI=1S/C16H30N2OS/c1-20-9-5-3-2-4-8-17-16(19)12-13-10-14-6-7-15(11-13)18-14/h13-15,18H,2-12H2,1H3,(H,17,19). The lowest BCUT2D eigenvalue weighted by atomic mass is 9.89. The normalized spacial score (nSPS) is 28.6. The van der Waals surface area contributed by atoms with Crippen LogP contribution >= 0.6 is 11.8 Å². The summed E-state index contributed by atoms with van der Waals surface area (Å²) in [5, 5.41) is 6.74. The molecule has 2 saturated heterocycles. The quantitative estimate of drug-likeness (QED) is 0.643. The molecular weight excluding hydrogens is 268 g/mol. The van der Waals surface area contributed by atoms with Crippen LogP contribution in [-0.4, -0.2) is 36.5 Å². The van der Waals surface area contributed by atoms with Crippen LogP contribution in [0.15, 0.2) is 0 Å². The van der Waals surface area contributed by atoms with Gasteiger partial charge in [0, 0.05) is 25.0 Å². The van der Waals surface area contributed by atoms with Gasteiger partial charge in [-0.1, -0.05) is 12.8 Å². The van der Waals surface area contributed by atoms with Gasteiger partial charge in [-0.3, -0.25) is 4.79 Å². The molecule has 2 bridgehead atoms. The van der Waals surface area contributed by atoms with Crippen LogP contribution in [0.25, 0.3) is 0 Å². The Kier molecular flexibility index (Phi) is 7.22. The van der Waals surface area contributed by atoms with Gasteiger partial charge in [0.15, 0.2) is 0 Å². The molecule has 0 spiro atoms. The summed E-state index contributed by atoms with van der Waals surface area (Å²) in [6.07, 6.45) is 13.0. The number of piperidine rings is 1. The molecule has 2 unspecified atom stereocenters. The molecule has 0 aromatic rings. The summed E-state index contributed by atoms with van der Waals surface area (Å²) in [6, 6.07) is 1.39. The van der Waals surface area contributed by atoms with Gasteiger partial charge in [0.25, 0.3) is 0 Å². The largest absolute Gasteiger partial charge is 0.356 e. The summed E-state index contributed by atoms with van der Waals surface area (Å²) >= 11 is 1.92. The third-order valence-electron chi connectivity index (χ3n) is 4.64. The highest BCUT2D eigenvalue weighted by Gasteiger charge is 2.33. The van der Waals surface area contributed by atoms with Gasteiger partial charge in [-0.2, -0.15) is 11.8 Å². The molecule has 1 amide bonds. The van der Waals surface area contributed by atoms with Gasteiger partial charge in [0.1, 0.15) is 0 Å². The van der Waals surface area contributed by atoms with E-state index in [1.54, 1.807) is 0 Å². The van der Waals surface area contributed by atoms with E-state index < -0.39 is 0 Å². The second-order valence-corrected chi connectivity index (χ2v) is 7.42. The van der Waals surface area contributed by atoms with E-state index in [0.29, 0.717) is 18.0 Å². The number of carbonyl (C=O) groups is 1. The number of hydrogen-bond acceptors (Lipinski definition) is 3. The molecule has 2 fully saturated rings. The lowest BCUT2D eigenvalue weighted by molar-refractivity contribution is -0.122. The molecule has 2 aliphatic rings. The molecule has 0 aromatic carbocycles. The van der Waals surface area contributed by atoms with Crippen LogP contribution in [0.1, 0.15) is 57.8 Å². The summed E-state index contributed by atoms with van der Waals surface area (Å²) in [5.41, 5.74) is 0. The van der Waals surface area contributed by atoms with Crippen LogP contribution in [0.4, 0.5) is 0 Å². The van der Waals surface area contributed by atoms with E-state index in [1.165, 1.54) is 50.7 Å². The van der Waals surface area contributed by atoms with Gasteiger partial charge in [-0.25, -0.2) is 0 Å². The average Bonchev–Trinajstić information content (AvgIpc) is 2.77. The zero-order chi connectivity index (χ0) is 14.2. The van der Waals surface area contributed by atoms with Crippen LogP contribution in [0.2, 0.25) is 0 Å². The predicted molar refractivity (Wildman–Crippen MR) is 87.1 cm³/mol. The number of rotatable bonds is 9. The van der Waals surface area contributed by atoms with Crippen LogP contribution in [0.5, 0.6) is 0 Å². The molecule has 2 rings (SSSR count). The van der Waals surface area contributed by atoms with E-state index in [0.717, 1.165) is 19.4 Å². The Bertz CT molecular complexity index is 286. The van der Waals surface area contributed by atoms with Gasteiger partial charge < -0.3 is 10.6 Å². The van der Waals surface area contributed by atoms with Gasteiger partial charge >= 0.3 is 0 Å². The minimum Gasteiger partial charge on any atom is -0.356 e. The molecule has 116 valence electrons. The summed E-state index contributed by atoms with van der Waals surface area (Å²) in [7, 11) is 0. The van der Waals surface area contributed by atoms with Crippen LogP contribution in [-0.2, 0) is 4.79 Å². The first-order valence-corrected chi connectivity index (χ1v) is 9.69. The van der Waals surface area contributed by atoms with E-state index in [2.05, 4.69) is 16.9 Å². The molecule has 2 atom stereocenters. The van der Waals surface area contributed by atoms with E-state index >= 15 is 0 Å². The fourth-order valence-electron chi connectivity index (χ4n) is 3.63. The smallest absolute Gasteiger partial charge is 0.220 e. The zero-order valence-corrected chi connectivity index (χ0v) is 13.6. The molecule has 3 nitrogen and oxygen atoms in total. The number of thioether (sulfide) groups is 1. The Morgan fingerprint density at radius 3 is 2.55 bits per heavy atom. The molecule has 4 heteroatoms. The van der Waals surface area contributed by atoms with Crippen LogP contribution < -0.4 is 10.6 Å². The Morgan fingerprint density at radius 2 is 1.85 bits per heavy atom. The van der Waals surface area contributed by atoms with E-state index in [9.17, 15) is 4.79 Å². The number of amides is 1. The maximum atomic E-state index is 11.9. The fraction of sp³-hybridized carbons (Fsp3) is 0.938. The Labute approximate surface area is 128 Å². The van der Waals surface area contributed by atoms with Crippen molar-refractivity contribution in [1.29, 1.82) is 0 Å². The molecule has 0 radical (unpaired) electrons. The van der Waals surface area contributed by atoms with Crippen molar-refractivity contribution in [1.82, 2.24) is 10.6 Å². The van der Waals surface area contributed by atoms with Crippen molar-refractivity contribution in [3.63, 3.8) is 0 Å². The SMILES string of the molecule is CSCCCCCCNC(=O)CC1CC2CCC(C1)N2. The molecule has 2 heterocycles. The zero-order valence-electron chi connectivity index (χ0n) is 12.8. The maximum absolute atomic E-state index is 11.9. The minimum absolute atomic E-state index is 0.278. The van der Waals surface area contributed by atoms with E-state index in [4.69, 9.17) is 0 Å². The predicted octanol–water partition coefficient (Wildman–Crippen LogP) is 2.95. The van der Waals surface area contributed by atoms with Gasteiger partial charge in [-0.05, 0) is 56.5 Å². The van der Waals surface area contributed by atoms with Crippen LogP contribution in [0, 0.1) is 5.92 Å². The van der Waals surface area contributed by atoms with Crippen molar-refractivity contribution in [2.45, 2.75) is 69.9 Å². The number of unbranched alkanes of at least 4 members (excludes halogenated alkanes) is 3. The molecule has 0 aliphatic carbocycles. The minimum atomic E-state index is 0.278. The number of fused-ring (bicyclic) bond motifs is 2. The molecule has 2 aliphatic heterocycles. The fourth-order valence-corrected chi connectivity index (χ4v) is 4.12. The molecule has 2 N–H and O–H groups in total. The number of nitrogens with one attached hydrogen (secondary N) is 2. The monoisotopic (exact) mass is 298 g/mol. The first-order chi connectivity index (χ1) is 9.78.